The third-order valence-corrected chi connectivity index (χ3v) is 8.90. The molecule has 0 saturated carbocycles. The second kappa shape index (κ2) is 36.4. The van der Waals surface area contributed by atoms with Crippen LogP contribution in [0.5, 0.6) is 0 Å². The Bertz CT molecular complexity index is 719. The minimum Gasteiger partial charge on any atom is -0.394 e. The third kappa shape index (κ3) is 32.5. The highest BCUT2D eigenvalue weighted by Gasteiger charge is 2.20. The number of hydrogen-bond donors (Lipinski definition) is 4. The van der Waals surface area contributed by atoms with Crippen LogP contribution in [0, 0.1) is 0 Å². The molecule has 5 nitrogen and oxygen atoms in total. The minimum absolute atomic E-state index is 0.0000924. The normalized spacial score (nSPS) is 14.1. The molecule has 3 unspecified atom stereocenters. The van der Waals surface area contributed by atoms with E-state index in [1.165, 1.54) is 122 Å². The zero-order valence-electron chi connectivity index (χ0n) is 30.5. The van der Waals surface area contributed by atoms with Crippen molar-refractivity contribution in [2.24, 2.45) is 0 Å². The summed E-state index contributed by atoms with van der Waals surface area (Å²) >= 11 is 0. The Hall–Kier alpha value is -1.43. The number of aliphatic hydroxyl groups is 3. The van der Waals surface area contributed by atoms with Gasteiger partial charge in [-0.1, -0.05) is 166 Å². The first-order chi connectivity index (χ1) is 22.5. The fourth-order valence-corrected chi connectivity index (χ4v) is 5.82. The van der Waals surface area contributed by atoms with E-state index in [2.05, 4.69) is 43.5 Å². The van der Waals surface area contributed by atoms with Crippen LogP contribution in [0.15, 0.2) is 36.5 Å². The van der Waals surface area contributed by atoms with Crippen molar-refractivity contribution in [2.45, 2.75) is 212 Å². The predicted molar refractivity (Wildman–Crippen MR) is 199 cm³/mol. The summed E-state index contributed by atoms with van der Waals surface area (Å²) in [5, 5.41) is 33.0. The van der Waals surface area contributed by atoms with Crippen molar-refractivity contribution in [3.8, 4) is 0 Å². The lowest BCUT2D eigenvalue weighted by molar-refractivity contribution is -0.124. The highest BCUT2D eigenvalue weighted by Crippen LogP contribution is 2.14. The average molecular weight is 648 g/mol. The Labute approximate surface area is 285 Å². The van der Waals surface area contributed by atoms with Gasteiger partial charge >= 0.3 is 0 Å². The molecule has 0 rings (SSSR count). The van der Waals surface area contributed by atoms with E-state index >= 15 is 0 Å². The van der Waals surface area contributed by atoms with E-state index in [4.69, 9.17) is 0 Å². The molecule has 270 valence electrons. The lowest BCUT2D eigenvalue weighted by Gasteiger charge is -2.20. The van der Waals surface area contributed by atoms with Crippen LogP contribution < -0.4 is 5.32 Å². The Balaban J connectivity index is 3.71. The van der Waals surface area contributed by atoms with Crippen molar-refractivity contribution < 1.29 is 20.1 Å². The van der Waals surface area contributed by atoms with Gasteiger partial charge in [-0.15, -0.1) is 0 Å². The van der Waals surface area contributed by atoms with E-state index in [9.17, 15) is 20.1 Å². The van der Waals surface area contributed by atoms with Crippen LogP contribution in [0.4, 0.5) is 0 Å². The maximum absolute atomic E-state index is 12.4. The first-order valence-electron chi connectivity index (χ1n) is 19.8. The van der Waals surface area contributed by atoms with Crippen LogP contribution in [0.3, 0.4) is 0 Å². The number of allylic oxidation sites excluding steroid dienone is 5. The monoisotopic (exact) mass is 648 g/mol. The van der Waals surface area contributed by atoms with E-state index in [1.54, 1.807) is 6.08 Å². The number of hydrogen-bond acceptors (Lipinski definition) is 4. The topological polar surface area (TPSA) is 89.8 Å². The molecule has 5 heteroatoms. The lowest BCUT2D eigenvalue weighted by atomic mass is 10.0. The van der Waals surface area contributed by atoms with E-state index in [-0.39, 0.29) is 18.9 Å². The van der Waals surface area contributed by atoms with E-state index in [1.807, 2.05) is 6.08 Å². The van der Waals surface area contributed by atoms with Crippen LogP contribution >= 0.6 is 0 Å². The van der Waals surface area contributed by atoms with Gasteiger partial charge in [0.25, 0.3) is 0 Å². The smallest absolute Gasteiger partial charge is 0.222 e. The number of amides is 1. The van der Waals surface area contributed by atoms with Gasteiger partial charge in [-0.2, -0.15) is 0 Å². The molecule has 0 aromatic rings. The Morgan fingerprint density at radius 1 is 0.543 bits per heavy atom. The molecule has 0 heterocycles. The van der Waals surface area contributed by atoms with E-state index in [0.717, 1.165) is 44.9 Å². The molecule has 0 radical (unpaired) electrons. The van der Waals surface area contributed by atoms with Gasteiger partial charge < -0.3 is 20.6 Å². The molecule has 0 aliphatic heterocycles. The SMILES string of the molecule is CCCCCCC/C=C/CC/C=C/C(O)C(CO)NC(=O)CC(O)CCCCCCC/C=C\CCCCCCCCCCCCC. The van der Waals surface area contributed by atoms with Crippen LogP contribution in [0.25, 0.3) is 0 Å². The molecule has 46 heavy (non-hydrogen) atoms. The van der Waals surface area contributed by atoms with Gasteiger partial charge in [0.15, 0.2) is 0 Å². The van der Waals surface area contributed by atoms with Crippen LogP contribution in [0.1, 0.15) is 194 Å². The highest BCUT2D eigenvalue weighted by atomic mass is 16.3. The van der Waals surface area contributed by atoms with Gasteiger partial charge in [-0.3, -0.25) is 4.79 Å². The zero-order chi connectivity index (χ0) is 33.8. The van der Waals surface area contributed by atoms with Crippen LogP contribution in [-0.4, -0.2) is 46.1 Å². The molecule has 0 saturated heterocycles. The summed E-state index contributed by atoms with van der Waals surface area (Å²) in [6.45, 7) is 4.16. The number of unbranched alkanes of at least 4 members (excludes halogenated alkanes) is 22. The molecule has 0 aromatic carbocycles. The van der Waals surface area contributed by atoms with Crippen molar-refractivity contribution in [1.29, 1.82) is 0 Å². The lowest BCUT2D eigenvalue weighted by Crippen LogP contribution is -2.45. The van der Waals surface area contributed by atoms with Crippen LogP contribution in [0.2, 0.25) is 0 Å². The van der Waals surface area contributed by atoms with Crippen LogP contribution in [-0.2, 0) is 4.79 Å². The third-order valence-electron chi connectivity index (χ3n) is 8.90. The van der Waals surface area contributed by atoms with Gasteiger partial charge in [0.1, 0.15) is 0 Å². The first-order valence-corrected chi connectivity index (χ1v) is 19.8. The number of nitrogens with one attached hydrogen (secondary N) is 1. The number of carbonyl (C=O) groups is 1. The molecule has 3 atom stereocenters. The largest absolute Gasteiger partial charge is 0.394 e. The minimum atomic E-state index is -0.951. The Kier molecular flexibility index (Phi) is 35.3. The summed E-state index contributed by atoms with van der Waals surface area (Å²) in [6, 6.07) is -0.761. The summed E-state index contributed by atoms with van der Waals surface area (Å²) in [4.78, 5) is 12.4. The zero-order valence-corrected chi connectivity index (χ0v) is 30.5. The van der Waals surface area contributed by atoms with Crippen molar-refractivity contribution in [3.05, 3.63) is 36.5 Å². The molecule has 1 amide bonds. The molecule has 0 spiro atoms. The average Bonchev–Trinajstić information content (AvgIpc) is 3.05. The van der Waals surface area contributed by atoms with Gasteiger partial charge in [-0.05, 0) is 57.8 Å². The van der Waals surface area contributed by atoms with Crippen molar-refractivity contribution >= 4 is 5.91 Å². The fourth-order valence-electron chi connectivity index (χ4n) is 5.82. The van der Waals surface area contributed by atoms with E-state index < -0.39 is 18.2 Å². The number of aliphatic hydroxyl groups excluding tert-OH is 3. The molecular formula is C41H77NO4. The molecule has 0 aliphatic carbocycles. The van der Waals surface area contributed by atoms with Crippen molar-refractivity contribution in [1.82, 2.24) is 5.32 Å². The van der Waals surface area contributed by atoms with Gasteiger partial charge in [0, 0.05) is 0 Å². The Morgan fingerprint density at radius 2 is 0.935 bits per heavy atom. The highest BCUT2D eigenvalue weighted by molar-refractivity contribution is 5.76. The molecule has 4 N–H and O–H groups in total. The summed E-state index contributed by atoms with van der Waals surface area (Å²) in [5.41, 5.74) is 0. The molecule has 0 fully saturated rings. The quantitative estimate of drug-likeness (QED) is 0.0407. The number of rotatable bonds is 35. The molecular weight excluding hydrogens is 570 g/mol. The number of carbonyl (C=O) groups excluding carboxylic acids is 1. The summed E-state index contributed by atoms with van der Waals surface area (Å²) in [6.07, 6.45) is 44.2. The fraction of sp³-hybridized carbons (Fsp3) is 0.829. The van der Waals surface area contributed by atoms with Crippen molar-refractivity contribution in [2.75, 3.05) is 6.61 Å². The first kappa shape index (κ1) is 44.6. The molecule has 0 aliphatic rings. The summed E-state index contributed by atoms with van der Waals surface area (Å²) in [5.74, 6) is -0.333. The summed E-state index contributed by atoms with van der Waals surface area (Å²) < 4.78 is 0. The molecule has 0 aromatic heterocycles. The molecule has 0 bridgehead atoms. The van der Waals surface area contributed by atoms with Gasteiger partial charge in [0.05, 0.1) is 31.3 Å². The maximum atomic E-state index is 12.4. The summed E-state index contributed by atoms with van der Waals surface area (Å²) in [7, 11) is 0. The second-order valence-corrected chi connectivity index (χ2v) is 13.5. The Morgan fingerprint density at radius 3 is 1.39 bits per heavy atom. The second-order valence-electron chi connectivity index (χ2n) is 13.5. The standard InChI is InChI=1S/C41H77NO4/c1-3-5-7-9-11-13-15-16-17-18-19-20-21-22-23-25-26-28-30-32-34-38(44)36-41(46)42-39(37-43)40(45)35-33-31-29-27-24-14-12-10-8-6-4-2/h21-22,24,27,33,35,38-40,43-45H,3-20,23,25-26,28-32,34,36-37H2,1-2H3,(H,42,46)/b22-21-,27-24+,35-33+. The predicted octanol–water partition coefficient (Wildman–Crippen LogP) is 10.8. The van der Waals surface area contributed by atoms with Crippen molar-refractivity contribution in [3.63, 3.8) is 0 Å². The van der Waals surface area contributed by atoms with Gasteiger partial charge in [-0.25, -0.2) is 0 Å². The van der Waals surface area contributed by atoms with E-state index in [0.29, 0.717) is 6.42 Å². The van der Waals surface area contributed by atoms with Gasteiger partial charge in [0.2, 0.25) is 5.91 Å². The maximum Gasteiger partial charge on any atom is 0.222 e.